The lowest BCUT2D eigenvalue weighted by Gasteiger charge is -2.25. The summed E-state index contributed by atoms with van der Waals surface area (Å²) < 4.78 is 5.16. The second-order valence-corrected chi connectivity index (χ2v) is 5.44. The Balaban J connectivity index is 1.87. The van der Waals surface area contributed by atoms with Crippen LogP contribution in [0.1, 0.15) is 29.6 Å². The zero-order valence-corrected chi connectivity index (χ0v) is 12.4. The average molecular weight is 276 g/mol. The van der Waals surface area contributed by atoms with Gasteiger partial charge in [0.05, 0.1) is 7.11 Å². The number of piperidine rings is 1. The van der Waals surface area contributed by atoms with Gasteiger partial charge in [-0.1, -0.05) is 6.07 Å². The molecule has 1 aliphatic rings. The predicted octanol–water partition coefficient (Wildman–Crippen LogP) is 2.16. The molecule has 0 unspecified atom stereocenters. The van der Waals surface area contributed by atoms with Gasteiger partial charge in [0.25, 0.3) is 5.91 Å². The van der Waals surface area contributed by atoms with E-state index in [9.17, 15) is 4.79 Å². The Morgan fingerprint density at radius 2 is 2.15 bits per heavy atom. The molecule has 1 N–H and O–H groups in total. The van der Waals surface area contributed by atoms with Crippen LogP contribution in [0, 0.1) is 5.92 Å². The summed E-state index contributed by atoms with van der Waals surface area (Å²) in [5, 5.41) is 3.37. The van der Waals surface area contributed by atoms with Crippen molar-refractivity contribution in [3.8, 4) is 5.75 Å². The first-order chi connectivity index (χ1) is 9.70. The number of amides is 1. The molecule has 1 aliphatic heterocycles. The molecule has 4 heteroatoms. The molecule has 1 fully saturated rings. The summed E-state index contributed by atoms with van der Waals surface area (Å²) >= 11 is 0. The van der Waals surface area contributed by atoms with E-state index in [1.54, 1.807) is 13.2 Å². The molecule has 0 aliphatic carbocycles. The Hall–Kier alpha value is -1.55. The predicted molar refractivity (Wildman–Crippen MR) is 80.2 cm³/mol. The van der Waals surface area contributed by atoms with Gasteiger partial charge in [0.2, 0.25) is 0 Å². The van der Waals surface area contributed by atoms with E-state index in [-0.39, 0.29) is 5.91 Å². The normalized spacial score (nSPS) is 15.9. The van der Waals surface area contributed by atoms with Crippen LogP contribution >= 0.6 is 0 Å². The van der Waals surface area contributed by atoms with Gasteiger partial charge in [-0.3, -0.25) is 4.79 Å². The molecule has 1 aromatic carbocycles. The minimum Gasteiger partial charge on any atom is -0.497 e. The quantitative estimate of drug-likeness (QED) is 0.896. The monoisotopic (exact) mass is 276 g/mol. The molecule has 1 heterocycles. The van der Waals surface area contributed by atoms with Gasteiger partial charge >= 0.3 is 0 Å². The number of carbonyl (C=O) groups excluding carboxylic acids is 1. The Bertz CT molecular complexity index is 442. The highest BCUT2D eigenvalue weighted by Gasteiger charge is 2.16. The van der Waals surface area contributed by atoms with Crippen LogP contribution in [0.25, 0.3) is 0 Å². The van der Waals surface area contributed by atoms with Crippen molar-refractivity contribution in [3.05, 3.63) is 29.8 Å². The second-order valence-electron chi connectivity index (χ2n) is 5.44. The van der Waals surface area contributed by atoms with Crippen LogP contribution in [0.3, 0.4) is 0 Å². The first kappa shape index (κ1) is 14.9. The third-order valence-corrected chi connectivity index (χ3v) is 3.99. The number of nitrogens with one attached hydrogen (secondary N) is 1. The van der Waals surface area contributed by atoms with Crippen molar-refractivity contribution in [1.82, 2.24) is 10.2 Å². The van der Waals surface area contributed by atoms with E-state index < -0.39 is 0 Å². The first-order valence-electron chi connectivity index (χ1n) is 7.31. The summed E-state index contributed by atoms with van der Waals surface area (Å²) in [6.45, 7) is 3.04. The van der Waals surface area contributed by atoms with E-state index in [2.05, 4.69) is 5.32 Å². The highest BCUT2D eigenvalue weighted by molar-refractivity contribution is 5.94. The Kier molecular flexibility index (Phi) is 5.41. The maximum Gasteiger partial charge on any atom is 0.253 e. The molecule has 1 amide bonds. The van der Waals surface area contributed by atoms with Crippen molar-refractivity contribution in [3.63, 3.8) is 0 Å². The molecule has 0 atom stereocenters. The zero-order valence-electron chi connectivity index (χ0n) is 12.4. The van der Waals surface area contributed by atoms with Gasteiger partial charge in [-0.25, -0.2) is 0 Å². The maximum absolute atomic E-state index is 12.3. The van der Waals surface area contributed by atoms with Crippen LogP contribution < -0.4 is 10.1 Å². The zero-order chi connectivity index (χ0) is 14.4. The first-order valence-corrected chi connectivity index (χ1v) is 7.31. The summed E-state index contributed by atoms with van der Waals surface area (Å²) in [6, 6.07) is 7.34. The summed E-state index contributed by atoms with van der Waals surface area (Å²) in [7, 11) is 3.49. The van der Waals surface area contributed by atoms with Crippen molar-refractivity contribution in [2.75, 3.05) is 33.8 Å². The van der Waals surface area contributed by atoms with E-state index in [1.165, 1.54) is 12.8 Å². The number of nitrogens with zero attached hydrogens (tertiary/aromatic N) is 1. The topological polar surface area (TPSA) is 41.6 Å². The SMILES string of the molecule is COc1cccc(C(=O)N(C)CCC2CCNCC2)c1. The fraction of sp³-hybridized carbons (Fsp3) is 0.562. The largest absolute Gasteiger partial charge is 0.497 e. The van der Waals surface area contributed by atoms with Crippen LogP contribution in [-0.2, 0) is 0 Å². The summed E-state index contributed by atoms with van der Waals surface area (Å²) in [5.74, 6) is 1.54. The van der Waals surface area contributed by atoms with E-state index >= 15 is 0 Å². The molecule has 110 valence electrons. The Morgan fingerprint density at radius 3 is 2.85 bits per heavy atom. The molecule has 2 rings (SSSR count). The maximum atomic E-state index is 12.3. The minimum absolute atomic E-state index is 0.0674. The minimum atomic E-state index is 0.0674. The number of carbonyl (C=O) groups is 1. The van der Waals surface area contributed by atoms with Crippen molar-refractivity contribution >= 4 is 5.91 Å². The molecular formula is C16H24N2O2. The van der Waals surface area contributed by atoms with E-state index in [0.717, 1.165) is 37.7 Å². The number of methoxy groups -OCH3 is 1. The standard InChI is InChI=1S/C16H24N2O2/c1-18(11-8-13-6-9-17-10-7-13)16(19)14-4-3-5-15(12-14)20-2/h3-5,12-13,17H,6-11H2,1-2H3. The Morgan fingerprint density at radius 1 is 1.40 bits per heavy atom. The summed E-state index contributed by atoms with van der Waals surface area (Å²) in [5.41, 5.74) is 0.692. The van der Waals surface area contributed by atoms with E-state index in [1.807, 2.05) is 30.1 Å². The molecule has 0 saturated carbocycles. The third kappa shape index (κ3) is 3.97. The molecule has 1 saturated heterocycles. The highest BCUT2D eigenvalue weighted by Crippen LogP contribution is 2.18. The van der Waals surface area contributed by atoms with Crippen molar-refractivity contribution in [1.29, 1.82) is 0 Å². The number of hydrogen-bond acceptors (Lipinski definition) is 3. The molecule has 0 spiro atoms. The highest BCUT2D eigenvalue weighted by atomic mass is 16.5. The fourth-order valence-corrected chi connectivity index (χ4v) is 2.62. The van der Waals surface area contributed by atoms with E-state index in [0.29, 0.717) is 5.56 Å². The third-order valence-electron chi connectivity index (χ3n) is 3.99. The molecular weight excluding hydrogens is 252 g/mol. The number of hydrogen-bond donors (Lipinski definition) is 1. The van der Waals surface area contributed by atoms with Crippen LogP contribution in [0.15, 0.2) is 24.3 Å². The average Bonchev–Trinajstić information content (AvgIpc) is 2.53. The lowest BCUT2D eigenvalue weighted by molar-refractivity contribution is 0.0784. The van der Waals surface area contributed by atoms with Gasteiger partial charge in [0.15, 0.2) is 0 Å². The lowest BCUT2D eigenvalue weighted by Crippen LogP contribution is -2.32. The van der Waals surface area contributed by atoms with Gasteiger partial charge in [0, 0.05) is 19.2 Å². The number of rotatable bonds is 5. The molecule has 4 nitrogen and oxygen atoms in total. The van der Waals surface area contributed by atoms with Crippen LogP contribution in [0.2, 0.25) is 0 Å². The van der Waals surface area contributed by atoms with Gasteiger partial charge in [0.1, 0.15) is 5.75 Å². The molecule has 0 bridgehead atoms. The summed E-state index contributed by atoms with van der Waals surface area (Å²) in [6.07, 6.45) is 3.54. The van der Waals surface area contributed by atoms with Gasteiger partial charge in [-0.15, -0.1) is 0 Å². The Labute approximate surface area is 121 Å². The summed E-state index contributed by atoms with van der Waals surface area (Å²) in [4.78, 5) is 14.2. The van der Waals surface area contributed by atoms with Crippen LogP contribution in [-0.4, -0.2) is 44.6 Å². The van der Waals surface area contributed by atoms with Gasteiger partial charge in [-0.05, 0) is 56.5 Å². The lowest BCUT2D eigenvalue weighted by atomic mass is 9.94. The number of ether oxygens (including phenoxy) is 1. The fourth-order valence-electron chi connectivity index (χ4n) is 2.62. The second kappa shape index (κ2) is 7.29. The molecule has 20 heavy (non-hydrogen) atoms. The number of benzene rings is 1. The van der Waals surface area contributed by atoms with Gasteiger partial charge < -0.3 is 15.0 Å². The smallest absolute Gasteiger partial charge is 0.253 e. The van der Waals surface area contributed by atoms with Gasteiger partial charge in [-0.2, -0.15) is 0 Å². The van der Waals surface area contributed by atoms with Crippen molar-refractivity contribution in [2.24, 2.45) is 5.92 Å². The van der Waals surface area contributed by atoms with Crippen LogP contribution in [0.5, 0.6) is 5.75 Å². The molecule has 1 aromatic rings. The molecule has 0 radical (unpaired) electrons. The van der Waals surface area contributed by atoms with Crippen molar-refractivity contribution in [2.45, 2.75) is 19.3 Å². The molecule has 0 aromatic heterocycles. The van der Waals surface area contributed by atoms with E-state index in [4.69, 9.17) is 4.74 Å². The van der Waals surface area contributed by atoms with Crippen molar-refractivity contribution < 1.29 is 9.53 Å². The van der Waals surface area contributed by atoms with Crippen LogP contribution in [0.4, 0.5) is 0 Å².